The molecule has 1 atom stereocenters. The van der Waals surface area contributed by atoms with Crippen LogP contribution in [0.5, 0.6) is 5.75 Å². The molecule has 0 radical (unpaired) electrons. The predicted molar refractivity (Wildman–Crippen MR) is 103 cm³/mol. The third-order valence-electron chi connectivity index (χ3n) is 4.88. The van der Waals surface area contributed by atoms with E-state index in [0.717, 1.165) is 37.9 Å². The van der Waals surface area contributed by atoms with Crippen LogP contribution in [-0.2, 0) is 17.8 Å². The van der Waals surface area contributed by atoms with E-state index in [1.165, 1.54) is 10.4 Å². The zero-order chi connectivity index (χ0) is 18.1. The fourth-order valence-corrected chi connectivity index (χ4v) is 3.37. The lowest BCUT2D eigenvalue weighted by Crippen LogP contribution is -2.26. The van der Waals surface area contributed by atoms with Crippen LogP contribution in [0.1, 0.15) is 56.4 Å². The SMILES string of the molecule is CCC(C)(CCCCCc1ccc(OCc2cccs2)cc1)C(=O)O. The van der Waals surface area contributed by atoms with Gasteiger partial charge in [0.05, 0.1) is 5.41 Å². The largest absolute Gasteiger partial charge is 0.488 e. The van der Waals surface area contributed by atoms with Gasteiger partial charge in [-0.25, -0.2) is 0 Å². The van der Waals surface area contributed by atoms with Crippen LogP contribution in [0.2, 0.25) is 0 Å². The van der Waals surface area contributed by atoms with Crippen molar-refractivity contribution in [1.29, 1.82) is 0 Å². The maximum Gasteiger partial charge on any atom is 0.309 e. The summed E-state index contributed by atoms with van der Waals surface area (Å²) in [6, 6.07) is 12.4. The van der Waals surface area contributed by atoms with Crippen LogP contribution >= 0.6 is 11.3 Å². The summed E-state index contributed by atoms with van der Waals surface area (Å²) in [5.74, 6) is 0.227. The summed E-state index contributed by atoms with van der Waals surface area (Å²) in [7, 11) is 0. The van der Waals surface area contributed by atoms with E-state index < -0.39 is 11.4 Å². The maximum absolute atomic E-state index is 11.3. The maximum atomic E-state index is 11.3. The number of unbranched alkanes of at least 4 members (excludes halogenated alkanes) is 2. The average molecular weight is 361 g/mol. The van der Waals surface area contributed by atoms with Crippen molar-refractivity contribution in [3.63, 3.8) is 0 Å². The number of carbonyl (C=O) groups is 1. The van der Waals surface area contributed by atoms with Gasteiger partial charge in [-0.05, 0) is 61.7 Å². The molecule has 2 rings (SSSR count). The minimum atomic E-state index is -0.673. The second-order valence-corrected chi connectivity index (χ2v) is 7.82. The van der Waals surface area contributed by atoms with E-state index in [4.69, 9.17) is 4.74 Å². The summed E-state index contributed by atoms with van der Waals surface area (Å²) in [6.45, 7) is 4.43. The molecule has 136 valence electrons. The molecule has 0 aliphatic heterocycles. The Morgan fingerprint density at radius 2 is 1.92 bits per heavy atom. The van der Waals surface area contributed by atoms with Gasteiger partial charge in [0.1, 0.15) is 12.4 Å². The first-order valence-electron chi connectivity index (χ1n) is 9.01. The first kappa shape index (κ1) is 19.5. The first-order chi connectivity index (χ1) is 12.0. The van der Waals surface area contributed by atoms with Gasteiger partial charge >= 0.3 is 5.97 Å². The highest BCUT2D eigenvalue weighted by molar-refractivity contribution is 7.09. The Morgan fingerprint density at radius 1 is 1.16 bits per heavy atom. The van der Waals surface area contributed by atoms with E-state index in [1.54, 1.807) is 11.3 Å². The van der Waals surface area contributed by atoms with Crippen molar-refractivity contribution in [3.05, 3.63) is 52.2 Å². The summed E-state index contributed by atoms with van der Waals surface area (Å²) in [4.78, 5) is 12.5. The van der Waals surface area contributed by atoms with Crippen LogP contribution in [0.3, 0.4) is 0 Å². The molecule has 1 unspecified atom stereocenters. The average Bonchev–Trinajstić information content (AvgIpc) is 3.14. The number of aryl methyl sites for hydroxylation is 1. The Bertz CT molecular complexity index is 634. The minimum absolute atomic E-state index is 0.568. The van der Waals surface area contributed by atoms with Crippen molar-refractivity contribution in [1.82, 2.24) is 0 Å². The Balaban J connectivity index is 1.67. The van der Waals surface area contributed by atoms with Crippen molar-refractivity contribution in [2.24, 2.45) is 5.41 Å². The zero-order valence-corrected chi connectivity index (χ0v) is 16.0. The molecule has 0 aliphatic rings. The topological polar surface area (TPSA) is 46.5 Å². The number of carboxylic acid groups (broad SMARTS) is 1. The predicted octanol–water partition coefficient (Wildman–Crippen LogP) is 5.93. The number of carboxylic acids is 1. The van der Waals surface area contributed by atoms with Crippen LogP contribution in [0.25, 0.3) is 0 Å². The van der Waals surface area contributed by atoms with Crippen molar-refractivity contribution >= 4 is 17.3 Å². The normalized spacial score (nSPS) is 13.4. The van der Waals surface area contributed by atoms with Crippen molar-refractivity contribution in [2.45, 2.75) is 59.0 Å². The van der Waals surface area contributed by atoms with Gasteiger partial charge < -0.3 is 9.84 Å². The van der Waals surface area contributed by atoms with E-state index in [2.05, 4.69) is 23.6 Å². The van der Waals surface area contributed by atoms with Gasteiger partial charge in [-0.1, -0.05) is 38.0 Å². The number of hydrogen-bond acceptors (Lipinski definition) is 3. The molecule has 1 heterocycles. The van der Waals surface area contributed by atoms with E-state index in [0.29, 0.717) is 13.0 Å². The molecule has 1 N–H and O–H groups in total. The molecule has 0 saturated carbocycles. The number of aliphatic carboxylic acids is 1. The number of rotatable bonds is 11. The van der Waals surface area contributed by atoms with Crippen molar-refractivity contribution in [2.75, 3.05) is 0 Å². The molecule has 0 saturated heterocycles. The van der Waals surface area contributed by atoms with Crippen LogP contribution in [0.4, 0.5) is 0 Å². The summed E-state index contributed by atoms with van der Waals surface area (Å²) in [5.41, 5.74) is 0.738. The lowest BCUT2D eigenvalue weighted by Gasteiger charge is -2.22. The van der Waals surface area contributed by atoms with Gasteiger partial charge in [0.15, 0.2) is 0 Å². The Morgan fingerprint density at radius 3 is 2.52 bits per heavy atom. The van der Waals surface area contributed by atoms with Gasteiger partial charge in [-0.15, -0.1) is 11.3 Å². The molecular weight excluding hydrogens is 332 g/mol. The third-order valence-corrected chi connectivity index (χ3v) is 5.73. The van der Waals surface area contributed by atoms with Crippen molar-refractivity contribution < 1.29 is 14.6 Å². The van der Waals surface area contributed by atoms with E-state index in [9.17, 15) is 9.90 Å². The number of ether oxygens (including phenoxy) is 1. The molecule has 0 amide bonds. The van der Waals surface area contributed by atoms with E-state index in [-0.39, 0.29) is 0 Å². The quantitative estimate of drug-likeness (QED) is 0.505. The molecule has 25 heavy (non-hydrogen) atoms. The second kappa shape index (κ2) is 9.62. The Kier molecular flexibility index (Phi) is 7.51. The minimum Gasteiger partial charge on any atom is -0.488 e. The number of hydrogen-bond donors (Lipinski definition) is 1. The van der Waals surface area contributed by atoms with E-state index >= 15 is 0 Å². The second-order valence-electron chi connectivity index (χ2n) is 6.79. The molecule has 1 aromatic carbocycles. The molecule has 0 fully saturated rings. The third kappa shape index (κ3) is 6.20. The summed E-state index contributed by atoms with van der Waals surface area (Å²) < 4.78 is 5.78. The van der Waals surface area contributed by atoms with Gasteiger partial charge in [0.2, 0.25) is 0 Å². The monoisotopic (exact) mass is 360 g/mol. The smallest absolute Gasteiger partial charge is 0.309 e. The van der Waals surface area contributed by atoms with Gasteiger partial charge in [-0.3, -0.25) is 4.79 Å². The van der Waals surface area contributed by atoms with Crippen LogP contribution in [0.15, 0.2) is 41.8 Å². The summed E-state index contributed by atoms with van der Waals surface area (Å²) in [5, 5.41) is 11.3. The molecule has 1 aromatic heterocycles. The van der Waals surface area contributed by atoms with Gasteiger partial charge in [0, 0.05) is 4.88 Å². The molecule has 0 aliphatic carbocycles. The van der Waals surface area contributed by atoms with Crippen LogP contribution < -0.4 is 4.74 Å². The number of thiophene rings is 1. The molecule has 0 bridgehead atoms. The standard InChI is InChI=1S/C21H28O3S/c1-3-21(2,20(22)23)14-6-4-5-8-17-10-12-18(13-11-17)24-16-19-9-7-15-25-19/h7,9-13,15H,3-6,8,14,16H2,1-2H3,(H,22,23). The Labute approximate surface area is 154 Å². The lowest BCUT2D eigenvalue weighted by atomic mass is 9.82. The molecule has 4 heteroatoms. The summed E-state index contributed by atoms with van der Waals surface area (Å²) in [6.07, 6.45) is 5.61. The highest BCUT2D eigenvalue weighted by Gasteiger charge is 2.29. The fraction of sp³-hybridized carbons (Fsp3) is 0.476. The molecule has 2 aromatic rings. The van der Waals surface area contributed by atoms with Gasteiger partial charge in [0.25, 0.3) is 0 Å². The highest BCUT2D eigenvalue weighted by Crippen LogP contribution is 2.28. The molecular formula is C21H28O3S. The van der Waals surface area contributed by atoms with E-state index in [1.807, 2.05) is 32.0 Å². The van der Waals surface area contributed by atoms with Crippen LogP contribution in [-0.4, -0.2) is 11.1 Å². The summed E-state index contributed by atoms with van der Waals surface area (Å²) >= 11 is 1.70. The van der Waals surface area contributed by atoms with Crippen LogP contribution in [0, 0.1) is 5.41 Å². The van der Waals surface area contributed by atoms with Crippen molar-refractivity contribution in [3.8, 4) is 5.75 Å². The Hall–Kier alpha value is -1.81. The van der Waals surface area contributed by atoms with Gasteiger partial charge in [-0.2, -0.15) is 0 Å². The first-order valence-corrected chi connectivity index (χ1v) is 9.89. The number of benzene rings is 1. The molecule has 0 spiro atoms. The fourth-order valence-electron chi connectivity index (χ4n) is 2.76. The zero-order valence-electron chi connectivity index (χ0n) is 15.2. The molecule has 3 nitrogen and oxygen atoms in total. The lowest BCUT2D eigenvalue weighted by molar-refractivity contribution is -0.148. The highest BCUT2D eigenvalue weighted by atomic mass is 32.1.